The van der Waals surface area contributed by atoms with Crippen molar-refractivity contribution in [2.45, 2.75) is 30.5 Å². The summed E-state index contributed by atoms with van der Waals surface area (Å²) in [5.74, 6) is 0. The predicted octanol–water partition coefficient (Wildman–Crippen LogP) is 2.07. The minimum absolute atomic E-state index is 0.121. The van der Waals surface area contributed by atoms with Crippen LogP contribution in [0.3, 0.4) is 0 Å². The molecule has 3 N–H and O–H groups in total. The highest BCUT2D eigenvalue weighted by Gasteiger charge is 2.24. The van der Waals surface area contributed by atoms with Gasteiger partial charge in [0.25, 0.3) is 10.0 Å². The van der Waals surface area contributed by atoms with E-state index in [4.69, 9.17) is 0 Å². The summed E-state index contributed by atoms with van der Waals surface area (Å²) in [5.41, 5.74) is 1.22. The van der Waals surface area contributed by atoms with Gasteiger partial charge in [0.15, 0.2) is 5.03 Å². The van der Waals surface area contributed by atoms with Crippen molar-refractivity contribution in [2.75, 3.05) is 4.72 Å². The summed E-state index contributed by atoms with van der Waals surface area (Å²) < 4.78 is 28.4. The molecule has 112 valence electrons. The summed E-state index contributed by atoms with van der Waals surface area (Å²) in [6, 6.07) is 7.75. The lowest BCUT2D eigenvalue weighted by atomic mass is 10.3. The van der Waals surface area contributed by atoms with Crippen LogP contribution in [-0.2, 0) is 16.6 Å². The maximum atomic E-state index is 12.5. The Morgan fingerprint density at radius 3 is 2.81 bits per heavy atom. The molecule has 1 aliphatic carbocycles. The number of aromatic nitrogens is 2. The number of nitrogens with zero attached hydrogens (tertiary/aromatic N) is 1. The Bertz CT molecular complexity index is 740. The Morgan fingerprint density at radius 1 is 1.33 bits per heavy atom. The molecule has 1 aromatic heterocycles. The van der Waals surface area contributed by atoms with E-state index >= 15 is 0 Å². The lowest BCUT2D eigenvalue weighted by molar-refractivity contribution is 0.593. The Hall–Kier alpha value is -1.13. The van der Waals surface area contributed by atoms with E-state index in [9.17, 15) is 8.42 Å². The number of halogens is 1. The summed E-state index contributed by atoms with van der Waals surface area (Å²) >= 11 is 2.10. The SMILES string of the molecule is O=S(=O)(Nc1ccccc1I)c1[nH]ncc1CNC1CC1. The number of hydrogen-bond acceptors (Lipinski definition) is 4. The highest BCUT2D eigenvalue weighted by Crippen LogP contribution is 2.23. The minimum atomic E-state index is -3.66. The summed E-state index contributed by atoms with van der Waals surface area (Å²) in [7, 11) is -3.66. The van der Waals surface area contributed by atoms with E-state index in [-0.39, 0.29) is 5.03 Å². The number of sulfonamides is 1. The second-order valence-corrected chi connectivity index (χ2v) is 7.75. The molecule has 0 atom stereocenters. The van der Waals surface area contributed by atoms with Gasteiger partial charge in [-0.2, -0.15) is 13.5 Å². The van der Waals surface area contributed by atoms with Crippen molar-refractivity contribution >= 4 is 38.3 Å². The van der Waals surface area contributed by atoms with Gasteiger partial charge in [-0.25, -0.2) is 0 Å². The van der Waals surface area contributed by atoms with Crippen LogP contribution in [0.25, 0.3) is 0 Å². The molecule has 1 aliphatic rings. The molecule has 2 aromatic rings. The first-order valence-electron chi connectivity index (χ1n) is 6.59. The summed E-state index contributed by atoms with van der Waals surface area (Å²) in [6.07, 6.45) is 3.86. The molecule has 0 saturated heterocycles. The number of nitrogens with one attached hydrogen (secondary N) is 3. The molecule has 1 heterocycles. The third-order valence-electron chi connectivity index (χ3n) is 3.22. The number of benzene rings is 1. The van der Waals surface area contributed by atoms with Gasteiger partial charge in [-0.1, -0.05) is 12.1 Å². The Labute approximate surface area is 136 Å². The lowest BCUT2D eigenvalue weighted by Gasteiger charge is -2.10. The van der Waals surface area contributed by atoms with Crippen LogP contribution in [0.4, 0.5) is 5.69 Å². The molecule has 6 nitrogen and oxygen atoms in total. The van der Waals surface area contributed by atoms with Crippen molar-refractivity contribution in [3.63, 3.8) is 0 Å². The molecule has 0 spiro atoms. The average Bonchev–Trinajstić information content (AvgIpc) is 3.15. The second-order valence-electron chi connectivity index (χ2n) is 4.96. The van der Waals surface area contributed by atoms with Gasteiger partial charge < -0.3 is 5.32 Å². The number of aromatic amines is 1. The van der Waals surface area contributed by atoms with E-state index in [0.29, 0.717) is 23.8 Å². The van der Waals surface area contributed by atoms with E-state index in [1.165, 1.54) is 0 Å². The summed E-state index contributed by atoms with van der Waals surface area (Å²) in [5, 5.41) is 9.87. The fourth-order valence-electron chi connectivity index (χ4n) is 1.94. The molecule has 0 bridgehead atoms. The molecule has 0 unspecified atom stereocenters. The first kappa shape index (κ1) is 14.8. The largest absolute Gasteiger partial charge is 0.310 e. The fourth-order valence-corrected chi connectivity index (χ4v) is 3.86. The van der Waals surface area contributed by atoms with E-state index in [2.05, 4.69) is 42.8 Å². The number of H-pyrrole nitrogens is 1. The quantitative estimate of drug-likeness (QED) is 0.627. The van der Waals surface area contributed by atoms with E-state index < -0.39 is 10.0 Å². The fraction of sp³-hybridized carbons (Fsp3) is 0.308. The predicted molar refractivity (Wildman–Crippen MR) is 88.4 cm³/mol. The van der Waals surface area contributed by atoms with Crippen molar-refractivity contribution in [3.8, 4) is 0 Å². The molecular weight excluding hydrogens is 403 g/mol. The van der Waals surface area contributed by atoms with Crippen LogP contribution in [-0.4, -0.2) is 24.7 Å². The van der Waals surface area contributed by atoms with Crippen molar-refractivity contribution in [1.29, 1.82) is 0 Å². The Balaban J connectivity index is 1.81. The second kappa shape index (κ2) is 5.93. The van der Waals surface area contributed by atoms with Crippen LogP contribution in [0.1, 0.15) is 18.4 Å². The van der Waals surface area contributed by atoms with Crippen LogP contribution in [0, 0.1) is 3.57 Å². The molecule has 0 amide bonds. The van der Waals surface area contributed by atoms with Gasteiger partial charge in [-0.15, -0.1) is 0 Å². The molecule has 1 fully saturated rings. The van der Waals surface area contributed by atoms with Gasteiger partial charge in [0.1, 0.15) is 0 Å². The van der Waals surface area contributed by atoms with Gasteiger partial charge >= 0.3 is 0 Å². The van der Waals surface area contributed by atoms with Gasteiger partial charge in [-0.05, 0) is 47.6 Å². The average molecular weight is 418 g/mol. The number of para-hydroxylation sites is 1. The molecular formula is C13H15IN4O2S. The highest BCUT2D eigenvalue weighted by atomic mass is 127. The lowest BCUT2D eigenvalue weighted by Crippen LogP contribution is -2.20. The summed E-state index contributed by atoms with van der Waals surface area (Å²) in [4.78, 5) is 0. The molecule has 1 aromatic carbocycles. The topological polar surface area (TPSA) is 86.9 Å². The van der Waals surface area contributed by atoms with Crippen molar-refractivity contribution in [1.82, 2.24) is 15.5 Å². The highest BCUT2D eigenvalue weighted by molar-refractivity contribution is 14.1. The molecule has 1 saturated carbocycles. The van der Waals surface area contributed by atoms with Crippen LogP contribution in [0.5, 0.6) is 0 Å². The zero-order valence-electron chi connectivity index (χ0n) is 11.1. The van der Waals surface area contributed by atoms with Crippen LogP contribution in [0.2, 0.25) is 0 Å². The Morgan fingerprint density at radius 2 is 2.10 bits per heavy atom. The first-order valence-corrected chi connectivity index (χ1v) is 9.15. The van der Waals surface area contributed by atoms with Gasteiger partial charge in [0.05, 0.1) is 11.9 Å². The zero-order chi connectivity index (χ0) is 14.9. The van der Waals surface area contributed by atoms with Crippen LogP contribution >= 0.6 is 22.6 Å². The van der Waals surface area contributed by atoms with Crippen molar-refractivity contribution in [3.05, 3.63) is 39.6 Å². The molecule has 8 heteroatoms. The third-order valence-corrected chi connectivity index (χ3v) is 5.54. The third kappa shape index (κ3) is 3.55. The molecule has 21 heavy (non-hydrogen) atoms. The zero-order valence-corrected chi connectivity index (χ0v) is 14.1. The Kier molecular flexibility index (Phi) is 4.18. The van der Waals surface area contributed by atoms with E-state index in [0.717, 1.165) is 16.4 Å². The molecule has 0 aliphatic heterocycles. The van der Waals surface area contributed by atoms with Crippen molar-refractivity contribution < 1.29 is 8.42 Å². The van der Waals surface area contributed by atoms with Crippen LogP contribution in [0.15, 0.2) is 35.5 Å². The number of anilines is 1. The van der Waals surface area contributed by atoms with E-state index in [1.54, 1.807) is 18.3 Å². The molecule has 3 rings (SSSR count). The maximum absolute atomic E-state index is 12.5. The number of hydrogen-bond donors (Lipinski definition) is 3. The van der Waals surface area contributed by atoms with E-state index in [1.807, 2.05) is 12.1 Å². The minimum Gasteiger partial charge on any atom is -0.310 e. The maximum Gasteiger partial charge on any atom is 0.279 e. The summed E-state index contributed by atoms with van der Waals surface area (Å²) in [6.45, 7) is 0.503. The van der Waals surface area contributed by atoms with Gasteiger partial charge in [0.2, 0.25) is 0 Å². The first-order chi connectivity index (χ1) is 10.1. The monoisotopic (exact) mass is 418 g/mol. The van der Waals surface area contributed by atoms with Crippen LogP contribution < -0.4 is 10.0 Å². The number of rotatable bonds is 6. The molecule has 0 radical (unpaired) electrons. The van der Waals surface area contributed by atoms with Gasteiger partial charge in [0, 0.05) is 21.7 Å². The normalized spacial score (nSPS) is 15.1. The standard InChI is InChI=1S/C13H15IN4O2S/c14-11-3-1-2-4-12(11)18-21(19,20)13-9(8-16-17-13)7-15-10-5-6-10/h1-4,8,10,15,18H,5-7H2,(H,16,17). The van der Waals surface area contributed by atoms with Gasteiger partial charge in [-0.3, -0.25) is 9.82 Å². The smallest absolute Gasteiger partial charge is 0.279 e. The van der Waals surface area contributed by atoms with Crippen molar-refractivity contribution in [2.24, 2.45) is 0 Å².